The molecule has 1 saturated heterocycles. The molecule has 0 aliphatic carbocycles. The second-order valence-corrected chi connectivity index (χ2v) is 9.98. The molecule has 1 aliphatic rings. The number of nitrogens with two attached hydrogens (primary N) is 1. The first-order valence-corrected chi connectivity index (χ1v) is 12.5. The molecule has 8 nitrogen and oxygen atoms in total. The molecular weight excluding hydrogens is 452 g/mol. The van der Waals surface area contributed by atoms with Crippen molar-refractivity contribution in [2.24, 2.45) is 5.14 Å². The van der Waals surface area contributed by atoms with Gasteiger partial charge in [0.1, 0.15) is 5.69 Å². The highest BCUT2D eigenvalue weighted by Crippen LogP contribution is 2.37. The zero-order chi connectivity index (χ0) is 23.8. The van der Waals surface area contributed by atoms with Gasteiger partial charge in [-0.1, -0.05) is 42.5 Å². The minimum Gasteiger partial charge on any atom is -0.381 e. The Hall–Kier alpha value is -3.53. The number of ether oxygens (including phenoxy) is 1. The van der Waals surface area contributed by atoms with E-state index in [1.54, 1.807) is 12.1 Å². The highest BCUT2D eigenvalue weighted by Gasteiger charge is 2.41. The van der Waals surface area contributed by atoms with E-state index in [-0.39, 0.29) is 10.8 Å². The average Bonchev–Trinajstić information content (AvgIpc) is 3.28. The summed E-state index contributed by atoms with van der Waals surface area (Å²) in [5.41, 5.74) is 2.87. The molecule has 1 fully saturated rings. The molecule has 0 radical (unpaired) electrons. The van der Waals surface area contributed by atoms with Crippen LogP contribution in [-0.2, 0) is 25.0 Å². The molecule has 34 heavy (non-hydrogen) atoms. The summed E-state index contributed by atoms with van der Waals surface area (Å²) in [5.74, 6) is -0.0809. The summed E-state index contributed by atoms with van der Waals surface area (Å²) in [6.45, 7) is 1.04. The number of sulfonamides is 1. The van der Waals surface area contributed by atoms with Crippen molar-refractivity contribution in [2.75, 3.05) is 18.5 Å². The van der Waals surface area contributed by atoms with Crippen LogP contribution in [-0.4, -0.2) is 37.7 Å². The number of nitrogens with one attached hydrogen (secondary N) is 2. The quantitative estimate of drug-likeness (QED) is 0.406. The molecule has 5 rings (SSSR count). The molecule has 0 bridgehead atoms. The van der Waals surface area contributed by atoms with Crippen molar-refractivity contribution in [3.63, 3.8) is 0 Å². The van der Waals surface area contributed by atoms with E-state index in [0.29, 0.717) is 43.0 Å². The first-order chi connectivity index (χ1) is 16.4. The molecule has 0 saturated carbocycles. The van der Waals surface area contributed by atoms with Gasteiger partial charge in [0, 0.05) is 29.9 Å². The summed E-state index contributed by atoms with van der Waals surface area (Å²) < 4.78 is 29.1. The van der Waals surface area contributed by atoms with Crippen LogP contribution in [0.3, 0.4) is 0 Å². The predicted molar refractivity (Wildman–Crippen MR) is 130 cm³/mol. The molecule has 4 aromatic rings. The third kappa shape index (κ3) is 4.09. The minimum atomic E-state index is -3.84. The van der Waals surface area contributed by atoms with Crippen LogP contribution in [0.15, 0.2) is 77.7 Å². The van der Waals surface area contributed by atoms with Gasteiger partial charge in [-0.3, -0.25) is 9.89 Å². The lowest BCUT2D eigenvalue weighted by Crippen LogP contribution is -2.44. The van der Waals surface area contributed by atoms with Crippen LogP contribution < -0.4 is 10.5 Å². The zero-order valence-electron chi connectivity index (χ0n) is 18.3. The maximum atomic E-state index is 13.6. The van der Waals surface area contributed by atoms with Crippen LogP contribution in [0.4, 0.5) is 5.69 Å². The van der Waals surface area contributed by atoms with Crippen molar-refractivity contribution in [2.45, 2.75) is 23.2 Å². The van der Waals surface area contributed by atoms with Crippen molar-refractivity contribution in [1.82, 2.24) is 10.2 Å². The highest BCUT2D eigenvalue weighted by molar-refractivity contribution is 7.89. The summed E-state index contributed by atoms with van der Waals surface area (Å²) >= 11 is 0. The van der Waals surface area contributed by atoms with Crippen LogP contribution in [0, 0.1) is 0 Å². The molecule has 174 valence electrons. The predicted octanol–water partition coefficient (Wildman–Crippen LogP) is 3.56. The molecule has 3 aromatic carbocycles. The fourth-order valence-electron chi connectivity index (χ4n) is 4.51. The number of rotatable bonds is 5. The molecule has 1 aromatic heterocycles. The summed E-state index contributed by atoms with van der Waals surface area (Å²) in [6.07, 6.45) is 1.20. The van der Waals surface area contributed by atoms with E-state index >= 15 is 0 Å². The number of nitrogens with zero attached hydrogens (tertiary/aromatic N) is 1. The molecule has 1 aliphatic heterocycles. The van der Waals surface area contributed by atoms with Gasteiger partial charge in [0.25, 0.3) is 0 Å². The van der Waals surface area contributed by atoms with E-state index in [2.05, 4.69) is 15.5 Å². The number of H-pyrrole nitrogens is 1. The molecule has 0 spiro atoms. The van der Waals surface area contributed by atoms with Gasteiger partial charge in [0.05, 0.1) is 15.8 Å². The van der Waals surface area contributed by atoms with Crippen molar-refractivity contribution in [3.05, 3.63) is 78.4 Å². The number of anilines is 1. The molecule has 1 amide bonds. The third-order valence-corrected chi connectivity index (χ3v) is 7.28. The number of aromatic amines is 1. The normalized spacial score (nSPS) is 15.8. The Morgan fingerprint density at radius 1 is 1.00 bits per heavy atom. The molecule has 9 heteroatoms. The average molecular weight is 477 g/mol. The number of benzene rings is 3. The topological polar surface area (TPSA) is 127 Å². The van der Waals surface area contributed by atoms with E-state index in [1.807, 2.05) is 48.5 Å². The maximum absolute atomic E-state index is 13.6. The van der Waals surface area contributed by atoms with Crippen molar-refractivity contribution < 1.29 is 17.9 Å². The second kappa shape index (κ2) is 8.68. The fraction of sp³-hybridized carbons (Fsp3) is 0.200. The number of hydrogen-bond acceptors (Lipinski definition) is 5. The summed E-state index contributed by atoms with van der Waals surface area (Å²) in [7, 11) is -3.84. The lowest BCUT2D eigenvalue weighted by Gasteiger charge is -2.36. The Labute approximate surface area is 197 Å². The van der Waals surface area contributed by atoms with Crippen LogP contribution in [0.25, 0.3) is 22.2 Å². The van der Waals surface area contributed by atoms with Gasteiger partial charge < -0.3 is 10.1 Å². The Kier molecular flexibility index (Phi) is 5.68. The highest BCUT2D eigenvalue weighted by atomic mass is 32.2. The zero-order valence-corrected chi connectivity index (χ0v) is 19.1. The van der Waals surface area contributed by atoms with Crippen molar-refractivity contribution in [1.29, 1.82) is 0 Å². The Bertz CT molecular complexity index is 1460. The van der Waals surface area contributed by atoms with Gasteiger partial charge >= 0.3 is 0 Å². The third-order valence-electron chi connectivity index (χ3n) is 6.36. The van der Waals surface area contributed by atoms with Gasteiger partial charge in [-0.25, -0.2) is 13.6 Å². The second-order valence-electron chi connectivity index (χ2n) is 8.42. The SMILES string of the molecule is NS(=O)(=O)c1cccc(-c2n[nH]c3ccc(NC(=O)C4(c5ccccc5)CCOCC4)cc23)c1. The number of hydrogen-bond donors (Lipinski definition) is 3. The largest absolute Gasteiger partial charge is 0.381 e. The van der Waals surface area contributed by atoms with Gasteiger partial charge in [-0.15, -0.1) is 0 Å². The van der Waals surface area contributed by atoms with E-state index in [4.69, 9.17) is 9.88 Å². The standard InChI is InChI=1S/C25H24N4O4S/c26-34(31,32)20-8-4-5-17(15-20)23-21-16-19(9-10-22(21)28-29-23)27-24(30)25(11-13-33-14-12-25)18-6-2-1-3-7-18/h1-10,15-16H,11-14H2,(H,27,30)(H,28,29)(H2,26,31,32). The van der Waals surface area contributed by atoms with E-state index in [1.165, 1.54) is 12.1 Å². The van der Waals surface area contributed by atoms with E-state index in [0.717, 1.165) is 16.5 Å². The first-order valence-electron chi connectivity index (χ1n) is 10.9. The summed E-state index contributed by atoms with van der Waals surface area (Å²) in [6, 6.07) is 21.6. The lowest BCUT2D eigenvalue weighted by atomic mass is 9.73. The number of primary sulfonamides is 1. The fourth-order valence-corrected chi connectivity index (χ4v) is 5.07. The number of fused-ring (bicyclic) bond motifs is 1. The Morgan fingerprint density at radius 2 is 1.76 bits per heavy atom. The number of amides is 1. The van der Waals surface area contributed by atoms with Gasteiger partial charge in [0.2, 0.25) is 15.9 Å². The molecule has 0 unspecified atom stereocenters. The van der Waals surface area contributed by atoms with Crippen molar-refractivity contribution >= 4 is 32.5 Å². The van der Waals surface area contributed by atoms with E-state index < -0.39 is 15.4 Å². The van der Waals surface area contributed by atoms with E-state index in [9.17, 15) is 13.2 Å². The van der Waals surface area contributed by atoms with Gasteiger partial charge in [0.15, 0.2) is 0 Å². The Morgan fingerprint density at radius 3 is 2.50 bits per heavy atom. The summed E-state index contributed by atoms with van der Waals surface area (Å²) in [5, 5.41) is 16.5. The maximum Gasteiger partial charge on any atom is 0.238 e. The van der Waals surface area contributed by atoms with Crippen LogP contribution in [0.2, 0.25) is 0 Å². The Balaban J connectivity index is 1.50. The molecular formula is C25H24N4O4S. The molecule has 2 heterocycles. The summed E-state index contributed by atoms with van der Waals surface area (Å²) in [4.78, 5) is 13.6. The first kappa shape index (κ1) is 22.3. The molecule has 0 atom stereocenters. The van der Waals surface area contributed by atoms with Crippen molar-refractivity contribution in [3.8, 4) is 11.3 Å². The number of carbonyl (C=O) groups excluding carboxylic acids is 1. The van der Waals surface area contributed by atoms with Gasteiger partial charge in [-0.05, 0) is 48.7 Å². The number of carbonyl (C=O) groups is 1. The monoisotopic (exact) mass is 476 g/mol. The minimum absolute atomic E-state index is 0.00919. The number of aromatic nitrogens is 2. The van der Waals surface area contributed by atoms with Crippen LogP contribution in [0.1, 0.15) is 18.4 Å². The smallest absolute Gasteiger partial charge is 0.238 e. The van der Waals surface area contributed by atoms with Crippen LogP contribution >= 0.6 is 0 Å². The molecule has 4 N–H and O–H groups in total. The van der Waals surface area contributed by atoms with Gasteiger partial charge in [-0.2, -0.15) is 5.10 Å². The van der Waals surface area contributed by atoms with Crippen LogP contribution in [0.5, 0.6) is 0 Å². The lowest BCUT2D eigenvalue weighted by molar-refractivity contribution is -0.125.